The first-order valence-corrected chi connectivity index (χ1v) is 8.07. The molecule has 2 heterocycles. The molecule has 0 saturated carbocycles. The summed E-state index contributed by atoms with van der Waals surface area (Å²) in [6.45, 7) is 3.03. The summed E-state index contributed by atoms with van der Waals surface area (Å²) in [6, 6.07) is 5.44. The van der Waals surface area contributed by atoms with Crippen molar-refractivity contribution < 1.29 is 14.7 Å². The highest BCUT2D eigenvalue weighted by molar-refractivity contribution is 8.00. The van der Waals surface area contributed by atoms with Crippen molar-refractivity contribution in [2.24, 2.45) is 5.92 Å². The van der Waals surface area contributed by atoms with Crippen LogP contribution in [0.3, 0.4) is 0 Å². The predicted octanol–water partition coefficient (Wildman–Crippen LogP) is 1.57. The van der Waals surface area contributed by atoms with Gasteiger partial charge in [-0.05, 0) is 31.5 Å². The molecule has 2 atom stereocenters. The highest BCUT2D eigenvalue weighted by Gasteiger charge is 2.30. The summed E-state index contributed by atoms with van der Waals surface area (Å²) in [7, 11) is 0. The highest BCUT2D eigenvalue weighted by atomic mass is 32.2. The topological polar surface area (TPSA) is 69.6 Å². The molecule has 0 aromatic heterocycles. The Kier molecular flexibility index (Phi) is 3.91. The molecule has 0 aliphatic carbocycles. The van der Waals surface area contributed by atoms with Crippen LogP contribution in [0.1, 0.15) is 23.7 Å². The second kappa shape index (κ2) is 5.69. The first-order chi connectivity index (χ1) is 10.0. The molecule has 2 amide bonds. The van der Waals surface area contributed by atoms with Crippen molar-refractivity contribution >= 4 is 29.3 Å². The number of aliphatic hydroxyl groups is 1. The zero-order chi connectivity index (χ0) is 15.0. The molecule has 2 aliphatic heterocycles. The lowest BCUT2D eigenvalue weighted by Gasteiger charge is -2.20. The van der Waals surface area contributed by atoms with Crippen LogP contribution in [-0.2, 0) is 4.79 Å². The Morgan fingerprint density at radius 3 is 3.05 bits per heavy atom. The van der Waals surface area contributed by atoms with E-state index >= 15 is 0 Å². The third-order valence-electron chi connectivity index (χ3n) is 4.05. The first-order valence-electron chi connectivity index (χ1n) is 7.08. The van der Waals surface area contributed by atoms with Gasteiger partial charge in [0, 0.05) is 29.5 Å². The number of nitrogens with one attached hydrogen (secondary N) is 1. The minimum Gasteiger partial charge on any atom is -0.393 e. The first kappa shape index (κ1) is 14.4. The van der Waals surface area contributed by atoms with E-state index in [1.807, 2.05) is 6.07 Å². The number of aliphatic hydroxyl groups excluding tert-OH is 1. The van der Waals surface area contributed by atoms with Crippen LogP contribution >= 0.6 is 11.8 Å². The van der Waals surface area contributed by atoms with Gasteiger partial charge in [-0.15, -0.1) is 11.8 Å². The Morgan fingerprint density at radius 2 is 2.33 bits per heavy atom. The van der Waals surface area contributed by atoms with E-state index in [0.29, 0.717) is 30.1 Å². The number of hydrogen-bond acceptors (Lipinski definition) is 4. The third-order valence-corrected chi connectivity index (χ3v) is 5.13. The number of carbonyl (C=O) groups is 2. The number of rotatable bonds is 2. The van der Waals surface area contributed by atoms with Crippen LogP contribution in [-0.4, -0.2) is 46.8 Å². The van der Waals surface area contributed by atoms with Crippen LogP contribution in [0, 0.1) is 5.92 Å². The van der Waals surface area contributed by atoms with Crippen LogP contribution < -0.4 is 5.32 Å². The van der Waals surface area contributed by atoms with Gasteiger partial charge < -0.3 is 15.3 Å². The van der Waals surface area contributed by atoms with E-state index in [-0.39, 0.29) is 23.8 Å². The number of benzene rings is 1. The minimum atomic E-state index is -0.387. The van der Waals surface area contributed by atoms with E-state index in [0.717, 1.165) is 11.3 Å². The zero-order valence-corrected chi connectivity index (χ0v) is 12.7. The Bertz CT molecular complexity index is 588. The van der Waals surface area contributed by atoms with Gasteiger partial charge in [0.25, 0.3) is 5.91 Å². The van der Waals surface area contributed by atoms with Crippen LogP contribution in [0.25, 0.3) is 0 Å². The summed E-state index contributed by atoms with van der Waals surface area (Å²) in [6.07, 6.45) is 0.447. The van der Waals surface area contributed by atoms with Gasteiger partial charge in [-0.25, -0.2) is 0 Å². The summed E-state index contributed by atoms with van der Waals surface area (Å²) >= 11 is 1.48. The molecule has 21 heavy (non-hydrogen) atoms. The highest BCUT2D eigenvalue weighted by Crippen LogP contribution is 2.32. The molecule has 2 unspecified atom stereocenters. The van der Waals surface area contributed by atoms with Crippen molar-refractivity contribution in [1.29, 1.82) is 0 Å². The maximum absolute atomic E-state index is 12.5. The molecule has 112 valence electrons. The van der Waals surface area contributed by atoms with Crippen LogP contribution in [0.2, 0.25) is 0 Å². The quantitative estimate of drug-likeness (QED) is 0.870. The Labute approximate surface area is 127 Å². The standard InChI is InChI=1S/C15H18N2O3S/c1-9(18)11-4-5-17(7-11)15(20)10-2-3-13-12(6-10)16-14(19)8-21-13/h2-3,6,9,11,18H,4-5,7-8H2,1H3,(H,16,19). The van der Waals surface area contributed by atoms with E-state index in [2.05, 4.69) is 5.32 Å². The Morgan fingerprint density at radius 1 is 1.52 bits per heavy atom. The lowest BCUT2D eigenvalue weighted by molar-refractivity contribution is -0.113. The fourth-order valence-electron chi connectivity index (χ4n) is 2.76. The van der Waals surface area contributed by atoms with Crippen molar-refractivity contribution in [2.45, 2.75) is 24.3 Å². The maximum Gasteiger partial charge on any atom is 0.253 e. The number of nitrogens with zero attached hydrogens (tertiary/aromatic N) is 1. The second-order valence-electron chi connectivity index (χ2n) is 5.59. The monoisotopic (exact) mass is 306 g/mol. The average molecular weight is 306 g/mol. The molecular weight excluding hydrogens is 288 g/mol. The van der Waals surface area contributed by atoms with E-state index in [4.69, 9.17) is 0 Å². The van der Waals surface area contributed by atoms with Crippen molar-refractivity contribution in [3.63, 3.8) is 0 Å². The summed E-state index contributed by atoms with van der Waals surface area (Å²) in [5.41, 5.74) is 1.30. The fraction of sp³-hybridized carbons (Fsp3) is 0.467. The van der Waals surface area contributed by atoms with E-state index in [1.54, 1.807) is 24.0 Å². The molecule has 6 heteroatoms. The normalized spacial score (nSPS) is 22.7. The van der Waals surface area contributed by atoms with Crippen molar-refractivity contribution in [3.8, 4) is 0 Å². The van der Waals surface area contributed by atoms with Gasteiger partial charge in [-0.1, -0.05) is 0 Å². The zero-order valence-electron chi connectivity index (χ0n) is 11.8. The summed E-state index contributed by atoms with van der Waals surface area (Å²) in [5.74, 6) is 0.503. The lowest BCUT2D eigenvalue weighted by atomic mass is 10.0. The third kappa shape index (κ3) is 2.91. The summed E-state index contributed by atoms with van der Waals surface area (Å²) in [4.78, 5) is 26.7. The molecule has 3 rings (SSSR count). The molecule has 2 N–H and O–H groups in total. The van der Waals surface area contributed by atoms with Gasteiger partial charge in [-0.2, -0.15) is 0 Å². The number of anilines is 1. The van der Waals surface area contributed by atoms with E-state index in [1.165, 1.54) is 11.8 Å². The Balaban J connectivity index is 1.77. The molecule has 2 aliphatic rings. The van der Waals surface area contributed by atoms with Crippen LogP contribution in [0.5, 0.6) is 0 Å². The molecule has 0 radical (unpaired) electrons. The minimum absolute atomic E-state index is 0.0348. The van der Waals surface area contributed by atoms with Gasteiger partial charge in [0.1, 0.15) is 0 Å². The van der Waals surface area contributed by atoms with Gasteiger partial charge in [0.2, 0.25) is 5.91 Å². The van der Waals surface area contributed by atoms with E-state index in [9.17, 15) is 14.7 Å². The van der Waals surface area contributed by atoms with Gasteiger partial charge in [-0.3, -0.25) is 9.59 Å². The van der Waals surface area contributed by atoms with E-state index < -0.39 is 0 Å². The Hall–Kier alpha value is -1.53. The van der Waals surface area contributed by atoms with Crippen LogP contribution in [0.4, 0.5) is 5.69 Å². The molecular formula is C15H18N2O3S. The largest absolute Gasteiger partial charge is 0.393 e. The van der Waals surface area contributed by atoms with Gasteiger partial charge in [0.15, 0.2) is 0 Å². The average Bonchev–Trinajstić information content (AvgIpc) is 2.95. The predicted molar refractivity (Wildman–Crippen MR) is 81.5 cm³/mol. The lowest BCUT2D eigenvalue weighted by Crippen LogP contribution is -2.30. The van der Waals surface area contributed by atoms with Crippen LogP contribution in [0.15, 0.2) is 23.1 Å². The SMILES string of the molecule is CC(O)C1CCN(C(=O)c2ccc3c(c2)NC(=O)CS3)C1. The molecule has 1 aromatic rings. The molecule has 1 fully saturated rings. The molecule has 5 nitrogen and oxygen atoms in total. The number of fused-ring (bicyclic) bond motifs is 1. The smallest absolute Gasteiger partial charge is 0.253 e. The molecule has 1 aromatic carbocycles. The molecule has 0 bridgehead atoms. The van der Waals surface area contributed by atoms with Gasteiger partial charge in [0.05, 0.1) is 17.5 Å². The molecule has 1 saturated heterocycles. The number of amides is 2. The summed E-state index contributed by atoms with van der Waals surface area (Å²) in [5, 5.41) is 12.4. The van der Waals surface area contributed by atoms with Gasteiger partial charge >= 0.3 is 0 Å². The summed E-state index contributed by atoms with van der Waals surface area (Å²) < 4.78 is 0. The fourth-order valence-corrected chi connectivity index (χ4v) is 3.55. The number of hydrogen-bond donors (Lipinski definition) is 2. The van der Waals surface area contributed by atoms with Crippen molar-refractivity contribution in [3.05, 3.63) is 23.8 Å². The number of carbonyl (C=O) groups excluding carboxylic acids is 2. The number of likely N-dealkylation sites (tertiary alicyclic amines) is 1. The van der Waals surface area contributed by atoms with Crippen molar-refractivity contribution in [2.75, 3.05) is 24.2 Å². The maximum atomic E-state index is 12.5. The number of thioether (sulfide) groups is 1. The second-order valence-corrected chi connectivity index (χ2v) is 6.61. The van der Waals surface area contributed by atoms with Crippen molar-refractivity contribution in [1.82, 2.24) is 4.90 Å². The molecule has 0 spiro atoms.